The highest BCUT2D eigenvalue weighted by atomic mass is 16.7. The molecule has 0 bridgehead atoms. The largest absolute Gasteiger partial charge is 0.458 e. The van der Waals surface area contributed by atoms with Gasteiger partial charge in [-0.2, -0.15) is 10.5 Å². The molecule has 1 aromatic heterocycles. The fourth-order valence-corrected chi connectivity index (χ4v) is 1.50. The minimum absolute atomic E-state index is 0.202. The fourth-order valence-electron chi connectivity index (χ4n) is 1.50. The zero-order valence-electron chi connectivity index (χ0n) is 10.5. The summed E-state index contributed by atoms with van der Waals surface area (Å²) in [6, 6.07) is 0. The molecule has 18 heavy (non-hydrogen) atoms. The fraction of sp³-hybridized carbons (Fsp3) is 0.727. The maximum absolute atomic E-state index is 11.5. The Morgan fingerprint density at radius 3 is 3.06 bits per heavy atom. The number of carbonyl (C=O) groups is 1. The topological polar surface area (TPSA) is 86.5 Å². The van der Waals surface area contributed by atoms with Crippen molar-refractivity contribution in [3.8, 4) is 0 Å². The average Bonchev–Trinajstić information content (AvgIpc) is 2.96. The molecule has 0 amide bonds. The number of hydroxylamine groups is 1. The van der Waals surface area contributed by atoms with Crippen LogP contribution in [0.3, 0.4) is 0 Å². The van der Waals surface area contributed by atoms with Crippen molar-refractivity contribution >= 4 is 5.97 Å². The van der Waals surface area contributed by atoms with E-state index in [4.69, 9.17) is 14.1 Å². The van der Waals surface area contributed by atoms with Crippen LogP contribution in [0.2, 0.25) is 0 Å². The van der Waals surface area contributed by atoms with Gasteiger partial charge in [0.1, 0.15) is 12.7 Å². The van der Waals surface area contributed by atoms with E-state index in [2.05, 4.69) is 15.6 Å². The Hall–Kier alpha value is -1.47. The molecule has 0 unspecified atom stereocenters. The van der Waals surface area contributed by atoms with Gasteiger partial charge in [0, 0.05) is 12.3 Å². The molecule has 0 saturated carbocycles. The summed E-state index contributed by atoms with van der Waals surface area (Å²) in [5.41, 5.74) is 2.65. The van der Waals surface area contributed by atoms with Crippen LogP contribution in [0.5, 0.6) is 0 Å². The number of esters is 1. The van der Waals surface area contributed by atoms with E-state index in [1.54, 1.807) is 0 Å². The number of aromatic nitrogens is 2. The Labute approximate surface area is 105 Å². The highest BCUT2D eigenvalue weighted by molar-refractivity contribution is 5.69. The number of hydrogen-bond acceptors (Lipinski definition) is 7. The van der Waals surface area contributed by atoms with Gasteiger partial charge in [-0.25, -0.2) is 0 Å². The Morgan fingerprint density at radius 2 is 2.44 bits per heavy atom. The van der Waals surface area contributed by atoms with Gasteiger partial charge in [0.15, 0.2) is 5.82 Å². The third-order valence-electron chi connectivity index (χ3n) is 2.52. The molecule has 2 rings (SSSR count). The molecule has 1 saturated heterocycles. The van der Waals surface area contributed by atoms with Crippen LogP contribution in [0, 0.1) is 0 Å². The van der Waals surface area contributed by atoms with Gasteiger partial charge in [-0.3, -0.25) is 9.63 Å². The van der Waals surface area contributed by atoms with Crippen molar-refractivity contribution in [3.63, 3.8) is 0 Å². The van der Waals surface area contributed by atoms with Gasteiger partial charge in [0.25, 0.3) is 0 Å². The van der Waals surface area contributed by atoms with Crippen molar-refractivity contribution in [2.24, 2.45) is 0 Å². The van der Waals surface area contributed by atoms with E-state index in [9.17, 15) is 4.79 Å². The van der Waals surface area contributed by atoms with Gasteiger partial charge in [0.2, 0.25) is 5.89 Å². The van der Waals surface area contributed by atoms with E-state index in [1.807, 2.05) is 13.8 Å². The molecule has 7 heteroatoms. The third-order valence-corrected chi connectivity index (χ3v) is 2.52. The van der Waals surface area contributed by atoms with E-state index >= 15 is 0 Å². The van der Waals surface area contributed by atoms with Gasteiger partial charge in [-0.05, 0) is 0 Å². The number of rotatable bonds is 5. The summed E-state index contributed by atoms with van der Waals surface area (Å²) in [6.45, 7) is 4.89. The van der Waals surface area contributed by atoms with Crippen molar-refractivity contribution in [1.29, 1.82) is 0 Å². The highest BCUT2D eigenvalue weighted by Crippen LogP contribution is 2.11. The molecule has 1 aliphatic heterocycles. The smallest absolute Gasteiger partial charge is 0.306 e. The van der Waals surface area contributed by atoms with E-state index < -0.39 is 0 Å². The molecule has 0 spiro atoms. The molecule has 2 heterocycles. The summed E-state index contributed by atoms with van der Waals surface area (Å²) < 4.78 is 10.2. The molecule has 0 aliphatic carbocycles. The van der Waals surface area contributed by atoms with E-state index in [-0.39, 0.29) is 24.4 Å². The van der Waals surface area contributed by atoms with Gasteiger partial charge in [-0.15, -0.1) is 0 Å². The summed E-state index contributed by atoms with van der Waals surface area (Å²) in [5, 5.41) is 3.83. The number of nitrogens with zero attached hydrogens (tertiary/aromatic N) is 2. The Balaban J connectivity index is 1.74. The molecular formula is C11H17N3O4. The van der Waals surface area contributed by atoms with Crippen LogP contribution in [0.25, 0.3) is 0 Å². The Morgan fingerprint density at radius 1 is 1.61 bits per heavy atom. The molecule has 1 aliphatic rings. The second-order valence-electron chi connectivity index (χ2n) is 4.47. The Bertz CT molecular complexity index is 399. The van der Waals surface area contributed by atoms with Crippen molar-refractivity contribution in [1.82, 2.24) is 15.6 Å². The quantitative estimate of drug-likeness (QED) is 0.770. The first-order valence-corrected chi connectivity index (χ1v) is 6.01. The second-order valence-corrected chi connectivity index (χ2v) is 4.47. The van der Waals surface area contributed by atoms with E-state index in [0.29, 0.717) is 31.3 Å². The second kappa shape index (κ2) is 5.92. The lowest BCUT2D eigenvalue weighted by molar-refractivity contribution is -0.148. The SMILES string of the molecule is CC(C)c1noc(CCC(=O)O[C@H]2CNOC2)n1. The molecule has 0 aromatic carbocycles. The molecule has 0 radical (unpaired) electrons. The molecule has 100 valence electrons. The molecule has 1 atom stereocenters. The first-order valence-electron chi connectivity index (χ1n) is 6.01. The van der Waals surface area contributed by atoms with Gasteiger partial charge in [-0.1, -0.05) is 19.0 Å². The zero-order valence-corrected chi connectivity index (χ0v) is 10.5. The maximum Gasteiger partial charge on any atom is 0.306 e. The van der Waals surface area contributed by atoms with Crippen molar-refractivity contribution in [2.75, 3.05) is 13.2 Å². The summed E-state index contributed by atoms with van der Waals surface area (Å²) in [5.74, 6) is 1.07. The predicted octanol–water partition coefficient (Wildman–Crippen LogP) is 0.572. The zero-order chi connectivity index (χ0) is 13.0. The maximum atomic E-state index is 11.5. The van der Waals surface area contributed by atoms with Crippen LogP contribution in [0.4, 0.5) is 0 Å². The summed E-state index contributed by atoms with van der Waals surface area (Å²) in [7, 11) is 0. The lowest BCUT2D eigenvalue weighted by Gasteiger charge is -2.07. The van der Waals surface area contributed by atoms with Gasteiger partial charge < -0.3 is 9.26 Å². The van der Waals surface area contributed by atoms with E-state index in [1.165, 1.54) is 0 Å². The van der Waals surface area contributed by atoms with Crippen molar-refractivity contribution in [2.45, 2.75) is 38.7 Å². The van der Waals surface area contributed by atoms with Crippen LogP contribution in [-0.4, -0.2) is 35.4 Å². The molecule has 1 fully saturated rings. The normalized spacial score (nSPS) is 19.4. The summed E-state index contributed by atoms with van der Waals surface area (Å²) in [6.07, 6.45) is 0.432. The first-order chi connectivity index (χ1) is 8.65. The van der Waals surface area contributed by atoms with Crippen LogP contribution in [0.15, 0.2) is 4.52 Å². The Kier molecular flexibility index (Phi) is 4.27. The summed E-state index contributed by atoms with van der Waals surface area (Å²) in [4.78, 5) is 20.6. The molecular weight excluding hydrogens is 238 g/mol. The average molecular weight is 255 g/mol. The van der Waals surface area contributed by atoms with Gasteiger partial charge >= 0.3 is 5.97 Å². The van der Waals surface area contributed by atoms with Crippen LogP contribution >= 0.6 is 0 Å². The van der Waals surface area contributed by atoms with Crippen LogP contribution < -0.4 is 5.48 Å². The van der Waals surface area contributed by atoms with E-state index in [0.717, 1.165) is 0 Å². The van der Waals surface area contributed by atoms with Crippen LogP contribution in [-0.2, 0) is 20.8 Å². The first kappa shape index (κ1) is 13.0. The number of carbonyl (C=O) groups excluding carboxylic acids is 1. The predicted molar refractivity (Wildman–Crippen MR) is 60.5 cm³/mol. The standard InChI is InChI=1S/C11H17N3O4/c1-7(2)11-13-9(18-14-11)3-4-10(15)17-8-5-12-16-6-8/h7-8,12H,3-6H2,1-2H3/t8-/m0/s1. The lowest BCUT2D eigenvalue weighted by Crippen LogP contribution is -2.22. The number of aryl methyl sites for hydroxylation is 1. The van der Waals surface area contributed by atoms with Crippen molar-refractivity contribution < 1.29 is 18.9 Å². The molecule has 7 nitrogen and oxygen atoms in total. The highest BCUT2D eigenvalue weighted by Gasteiger charge is 2.20. The van der Waals surface area contributed by atoms with Crippen LogP contribution in [0.1, 0.15) is 37.9 Å². The minimum atomic E-state index is -0.281. The third kappa shape index (κ3) is 3.51. The minimum Gasteiger partial charge on any atom is -0.458 e. The number of ether oxygens (including phenoxy) is 1. The molecule has 1 N–H and O–H groups in total. The summed E-state index contributed by atoms with van der Waals surface area (Å²) >= 11 is 0. The molecule has 1 aromatic rings. The number of hydrogen-bond donors (Lipinski definition) is 1. The van der Waals surface area contributed by atoms with Crippen molar-refractivity contribution in [3.05, 3.63) is 11.7 Å². The lowest BCUT2D eigenvalue weighted by atomic mass is 10.2. The monoisotopic (exact) mass is 255 g/mol. The van der Waals surface area contributed by atoms with Gasteiger partial charge in [0.05, 0.1) is 13.0 Å². The number of nitrogens with one attached hydrogen (secondary N) is 1.